The largest absolute Gasteiger partial charge is 0.351 e. The van der Waals surface area contributed by atoms with Crippen molar-refractivity contribution in [3.63, 3.8) is 0 Å². The Morgan fingerprint density at radius 2 is 1.07 bits per heavy atom. The first-order valence-corrected chi connectivity index (χ1v) is 8.66. The highest BCUT2D eigenvalue weighted by atomic mass is 16.2. The van der Waals surface area contributed by atoms with Crippen LogP contribution in [-0.4, -0.2) is 11.9 Å². The zero-order chi connectivity index (χ0) is 19.1. The van der Waals surface area contributed by atoms with E-state index in [-0.39, 0.29) is 6.04 Å². The van der Waals surface area contributed by atoms with E-state index in [9.17, 15) is 9.59 Å². The summed E-state index contributed by atoms with van der Waals surface area (Å²) in [4.78, 5) is 23.9. The Kier molecular flexibility index (Phi) is 5.97. The van der Waals surface area contributed by atoms with E-state index in [1.807, 2.05) is 91.0 Å². The molecular formula is C22H21N3O2. The minimum atomic E-state index is -0.876. The molecule has 3 aromatic carbocycles. The maximum atomic E-state index is 12.7. The first-order valence-electron chi connectivity index (χ1n) is 8.66. The lowest BCUT2D eigenvalue weighted by Crippen LogP contribution is -2.44. The quantitative estimate of drug-likeness (QED) is 0.631. The molecule has 27 heavy (non-hydrogen) atoms. The van der Waals surface area contributed by atoms with Gasteiger partial charge in [0.05, 0.1) is 6.04 Å². The number of hydrogen-bond donors (Lipinski definition) is 3. The minimum Gasteiger partial charge on any atom is -0.351 e. The van der Waals surface area contributed by atoms with Gasteiger partial charge in [0.1, 0.15) is 6.04 Å². The maximum Gasteiger partial charge on any atom is 0.318 e. The van der Waals surface area contributed by atoms with Crippen molar-refractivity contribution in [3.05, 3.63) is 108 Å². The molecule has 1 atom stereocenters. The molecule has 0 saturated heterocycles. The van der Waals surface area contributed by atoms with Gasteiger partial charge in [0.2, 0.25) is 5.91 Å². The van der Waals surface area contributed by atoms with Gasteiger partial charge in [-0.2, -0.15) is 0 Å². The fraction of sp³-hybridized carbons (Fsp3) is 0.0909. The summed E-state index contributed by atoms with van der Waals surface area (Å²) in [5.74, 6) is -0.495. The molecule has 5 heteroatoms. The van der Waals surface area contributed by atoms with Gasteiger partial charge >= 0.3 is 6.03 Å². The summed E-state index contributed by atoms with van der Waals surface area (Å²) >= 11 is 0. The average Bonchev–Trinajstić information content (AvgIpc) is 2.70. The lowest BCUT2D eigenvalue weighted by molar-refractivity contribution is -0.122. The maximum absolute atomic E-state index is 12.7. The number of hydrogen-bond acceptors (Lipinski definition) is 3. The third-order valence-electron chi connectivity index (χ3n) is 4.24. The van der Waals surface area contributed by atoms with Crippen LogP contribution in [0.15, 0.2) is 91.0 Å². The van der Waals surface area contributed by atoms with Gasteiger partial charge in [-0.3, -0.25) is 15.4 Å². The Hall–Kier alpha value is -3.44. The fourth-order valence-corrected chi connectivity index (χ4v) is 3.00. The van der Waals surface area contributed by atoms with Crippen molar-refractivity contribution in [2.45, 2.75) is 12.1 Å². The summed E-state index contributed by atoms with van der Waals surface area (Å²) in [7, 11) is 0. The molecule has 3 rings (SSSR count). The molecule has 0 fully saturated rings. The molecule has 0 aliphatic heterocycles. The van der Waals surface area contributed by atoms with Crippen LogP contribution in [-0.2, 0) is 4.79 Å². The molecule has 136 valence electrons. The van der Waals surface area contributed by atoms with Gasteiger partial charge in [0.15, 0.2) is 0 Å². The van der Waals surface area contributed by atoms with E-state index in [0.29, 0.717) is 0 Å². The van der Waals surface area contributed by atoms with Crippen molar-refractivity contribution in [2.75, 3.05) is 0 Å². The number of nitrogens with one attached hydrogen (secondary N) is 2. The van der Waals surface area contributed by atoms with Crippen molar-refractivity contribution >= 4 is 11.9 Å². The lowest BCUT2D eigenvalue weighted by Gasteiger charge is -2.26. The fourth-order valence-electron chi connectivity index (χ4n) is 3.00. The number of imide groups is 1. The zero-order valence-electron chi connectivity index (χ0n) is 14.7. The van der Waals surface area contributed by atoms with Gasteiger partial charge in [-0.05, 0) is 16.7 Å². The second-order valence-corrected chi connectivity index (χ2v) is 6.12. The molecular weight excluding hydrogens is 338 g/mol. The van der Waals surface area contributed by atoms with Crippen LogP contribution >= 0.6 is 0 Å². The van der Waals surface area contributed by atoms with E-state index in [1.165, 1.54) is 0 Å². The highest BCUT2D eigenvalue weighted by Gasteiger charge is 2.26. The number of carbonyl (C=O) groups is 2. The molecule has 0 bridgehead atoms. The van der Waals surface area contributed by atoms with Gasteiger partial charge in [0, 0.05) is 0 Å². The summed E-state index contributed by atoms with van der Waals surface area (Å²) in [6.45, 7) is 0. The third kappa shape index (κ3) is 4.80. The smallest absolute Gasteiger partial charge is 0.318 e. The van der Waals surface area contributed by atoms with Crippen LogP contribution in [0, 0.1) is 0 Å². The summed E-state index contributed by atoms with van der Waals surface area (Å²) in [6.07, 6.45) is 0. The van der Waals surface area contributed by atoms with Gasteiger partial charge in [-0.25, -0.2) is 4.79 Å². The standard InChI is InChI=1S/C22H21N3O2/c23-22(27)25-21(26)20(18-14-8-3-9-15-18)24-19(16-10-4-1-5-11-16)17-12-6-2-7-13-17/h1-15,19-20,24H,(H3,23,25,26,27)/t20-/m0/s1. The topological polar surface area (TPSA) is 84.2 Å². The van der Waals surface area contributed by atoms with Crippen molar-refractivity contribution in [1.82, 2.24) is 10.6 Å². The highest BCUT2D eigenvalue weighted by Crippen LogP contribution is 2.26. The van der Waals surface area contributed by atoms with Crippen LogP contribution in [0.1, 0.15) is 28.8 Å². The Labute approximate surface area is 158 Å². The Balaban J connectivity index is 1.99. The van der Waals surface area contributed by atoms with Gasteiger partial charge in [0.25, 0.3) is 0 Å². The number of primary amides is 1. The van der Waals surface area contributed by atoms with Crippen molar-refractivity contribution in [2.24, 2.45) is 5.73 Å². The van der Waals surface area contributed by atoms with E-state index in [0.717, 1.165) is 16.7 Å². The van der Waals surface area contributed by atoms with E-state index >= 15 is 0 Å². The second kappa shape index (κ2) is 8.78. The molecule has 0 unspecified atom stereocenters. The molecule has 0 radical (unpaired) electrons. The van der Waals surface area contributed by atoms with Crippen LogP contribution in [0.2, 0.25) is 0 Å². The molecule has 0 aromatic heterocycles. The molecule has 3 aromatic rings. The van der Waals surface area contributed by atoms with Crippen molar-refractivity contribution < 1.29 is 9.59 Å². The number of nitrogens with two attached hydrogens (primary N) is 1. The Morgan fingerprint density at radius 3 is 1.48 bits per heavy atom. The van der Waals surface area contributed by atoms with Crippen LogP contribution in [0.4, 0.5) is 4.79 Å². The van der Waals surface area contributed by atoms with E-state index in [4.69, 9.17) is 5.73 Å². The third-order valence-corrected chi connectivity index (χ3v) is 4.24. The molecule has 0 spiro atoms. The summed E-state index contributed by atoms with van der Waals surface area (Å²) in [5, 5.41) is 5.58. The monoisotopic (exact) mass is 359 g/mol. The molecule has 4 N–H and O–H groups in total. The van der Waals surface area contributed by atoms with Gasteiger partial charge < -0.3 is 5.73 Å². The van der Waals surface area contributed by atoms with Crippen LogP contribution < -0.4 is 16.4 Å². The number of amides is 3. The Bertz CT molecular complexity index is 844. The predicted molar refractivity (Wildman–Crippen MR) is 105 cm³/mol. The molecule has 0 saturated carbocycles. The normalized spacial score (nSPS) is 11.7. The van der Waals surface area contributed by atoms with Crippen LogP contribution in [0.3, 0.4) is 0 Å². The average molecular weight is 359 g/mol. The van der Waals surface area contributed by atoms with Crippen LogP contribution in [0.5, 0.6) is 0 Å². The zero-order valence-corrected chi connectivity index (χ0v) is 14.7. The lowest BCUT2D eigenvalue weighted by atomic mass is 9.96. The SMILES string of the molecule is NC(=O)NC(=O)[C@@H](NC(c1ccccc1)c1ccccc1)c1ccccc1. The summed E-state index contributed by atoms with van der Waals surface area (Å²) < 4.78 is 0. The van der Waals surface area contributed by atoms with E-state index in [2.05, 4.69) is 10.6 Å². The summed E-state index contributed by atoms with van der Waals surface area (Å²) in [6, 6.07) is 27.1. The number of carbonyl (C=O) groups excluding carboxylic acids is 2. The molecule has 0 heterocycles. The minimum absolute atomic E-state index is 0.240. The van der Waals surface area contributed by atoms with Crippen molar-refractivity contribution in [1.29, 1.82) is 0 Å². The first-order chi connectivity index (χ1) is 13.1. The van der Waals surface area contributed by atoms with Crippen LogP contribution in [0.25, 0.3) is 0 Å². The summed E-state index contributed by atoms with van der Waals surface area (Å²) in [5.41, 5.74) is 7.93. The second-order valence-electron chi connectivity index (χ2n) is 6.12. The van der Waals surface area contributed by atoms with E-state index in [1.54, 1.807) is 0 Å². The van der Waals surface area contributed by atoms with Crippen molar-refractivity contribution in [3.8, 4) is 0 Å². The Morgan fingerprint density at radius 1 is 0.667 bits per heavy atom. The van der Waals surface area contributed by atoms with Gasteiger partial charge in [-0.1, -0.05) is 91.0 Å². The molecule has 0 aliphatic rings. The molecule has 0 aliphatic carbocycles. The predicted octanol–water partition coefficient (Wildman–Crippen LogP) is 3.30. The van der Waals surface area contributed by atoms with Gasteiger partial charge in [-0.15, -0.1) is 0 Å². The molecule has 5 nitrogen and oxygen atoms in total. The van der Waals surface area contributed by atoms with E-state index < -0.39 is 18.0 Å². The number of benzene rings is 3. The first kappa shape index (κ1) is 18.4. The highest BCUT2D eigenvalue weighted by molar-refractivity contribution is 5.96. The number of rotatable bonds is 6. The number of urea groups is 1. The molecule has 3 amide bonds.